The van der Waals surface area contributed by atoms with E-state index in [2.05, 4.69) is 4.99 Å². The number of carbonyl (C=O) groups is 2. The van der Waals surface area contributed by atoms with Crippen LogP contribution in [0.3, 0.4) is 0 Å². The molecular formula is C26H17N3O9. The van der Waals surface area contributed by atoms with Crippen molar-refractivity contribution in [2.45, 2.75) is 0 Å². The summed E-state index contributed by atoms with van der Waals surface area (Å²) in [6, 6.07) is 15.7. The van der Waals surface area contributed by atoms with Gasteiger partial charge in [0.25, 0.3) is 11.4 Å². The standard InChI is InChI=1S/C26H17N3O9/c1-36-23-15-17(14-21-26(31)38-25(27-21)18-7-9-19(10-8-18)28(32)33)5-11-22(23)37-24(30)12-6-16-3-2-4-20(13-16)29(34)35/h2-15H,1H3/b12-6+,21-14-. The lowest BCUT2D eigenvalue weighted by atomic mass is 10.1. The molecule has 38 heavy (non-hydrogen) atoms. The molecule has 12 heteroatoms. The number of cyclic esters (lactones) is 1. The van der Waals surface area contributed by atoms with Crippen LogP contribution in [0.1, 0.15) is 16.7 Å². The van der Waals surface area contributed by atoms with Crippen LogP contribution in [-0.4, -0.2) is 34.8 Å². The van der Waals surface area contributed by atoms with Crippen LogP contribution < -0.4 is 9.47 Å². The van der Waals surface area contributed by atoms with Crippen molar-refractivity contribution in [2.75, 3.05) is 7.11 Å². The molecule has 0 amide bonds. The molecule has 1 aliphatic heterocycles. The Hall–Kier alpha value is -5.65. The monoisotopic (exact) mass is 515 g/mol. The van der Waals surface area contributed by atoms with Crippen molar-refractivity contribution in [1.82, 2.24) is 0 Å². The molecule has 0 N–H and O–H groups in total. The van der Waals surface area contributed by atoms with E-state index in [4.69, 9.17) is 14.2 Å². The minimum Gasteiger partial charge on any atom is -0.493 e. The lowest BCUT2D eigenvalue weighted by Crippen LogP contribution is -2.05. The summed E-state index contributed by atoms with van der Waals surface area (Å²) in [4.78, 5) is 49.4. The van der Waals surface area contributed by atoms with Crippen LogP contribution in [-0.2, 0) is 14.3 Å². The van der Waals surface area contributed by atoms with Gasteiger partial charge in [0.1, 0.15) is 0 Å². The van der Waals surface area contributed by atoms with Crippen molar-refractivity contribution >= 4 is 41.4 Å². The van der Waals surface area contributed by atoms with Crippen LogP contribution in [0.15, 0.2) is 83.5 Å². The largest absolute Gasteiger partial charge is 0.493 e. The molecular weight excluding hydrogens is 498 g/mol. The summed E-state index contributed by atoms with van der Waals surface area (Å²) < 4.78 is 15.8. The summed E-state index contributed by atoms with van der Waals surface area (Å²) in [6.45, 7) is 0. The van der Waals surface area contributed by atoms with Crippen molar-refractivity contribution in [1.29, 1.82) is 0 Å². The van der Waals surface area contributed by atoms with Gasteiger partial charge in [-0.05, 0) is 47.5 Å². The number of rotatable bonds is 8. The van der Waals surface area contributed by atoms with Crippen molar-refractivity contribution in [2.24, 2.45) is 4.99 Å². The molecule has 190 valence electrons. The topological polar surface area (TPSA) is 160 Å². The fourth-order valence-corrected chi connectivity index (χ4v) is 3.32. The maximum Gasteiger partial charge on any atom is 0.363 e. The second kappa shape index (κ2) is 11.0. The second-order valence-electron chi connectivity index (χ2n) is 7.66. The summed E-state index contributed by atoms with van der Waals surface area (Å²) >= 11 is 0. The number of benzene rings is 3. The third-order valence-electron chi connectivity index (χ3n) is 5.14. The summed E-state index contributed by atoms with van der Waals surface area (Å²) in [5, 5.41) is 21.7. The van der Waals surface area contributed by atoms with Crippen LogP contribution in [0.4, 0.5) is 11.4 Å². The first-order chi connectivity index (χ1) is 18.2. The number of ether oxygens (including phenoxy) is 3. The maximum absolute atomic E-state index is 12.3. The van der Waals surface area contributed by atoms with Gasteiger partial charge in [0.2, 0.25) is 5.90 Å². The first-order valence-corrected chi connectivity index (χ1v) is 10.8. The lowest BCUT2D eigenvalue weighted by molar-refractivity contribution is -0.385. The average molecular weight is 515 g/mol. The molecule has 0 atom stereocenters. The van der Waals surface area contributed by atoms with Gasteiger partial charge in [-0.1, -0.05) is 18.2 Å². The van der Waals surface area contributed by atoms with E-state index < -0.39 is 21.8 Å². The van der Waals surface area contributed by atoms with Crippen LogP contribution >= 0.6 is 0 Å². The number of nitro benzene ring substituents is 2. The number of nitrogens with zero attached hydrogens (tertiary/aromatic N) is 3. The predicted molar refractivity (Wildman–Crippen MR) is 134 cm³/mol. The molecule has 1 aliphatic rings. The summed E-state index contributed by atoms with van der Waals surface area (Å²) in [6.07, 6.45) is 3.95. The summed E-state index contributed by atoms with van der Waals surface area (Å²) in [7, 11) is 1.37. The first-order valence-electron chi connectivity index (χ1n) is 10.8. The molecule has 0 aromatic heterocycles. The maximum atomic E-state index is 12.3. The van der Waals surface area contributed by atoms with Gasteiger partial charge in [0.05, 0.1) is 17.0 Å². The predicted octanol–water partition coefficient (Wildman–Crippen LogP) is 4.47. The molecule has 3 aromatic rings. The van der Waals surface area contributed by atoms with Gasteiger partial charge in [0, 0.05) is 35.9 Å². The van der Waals surface area contributed by atoms with Gasteiger partial charge in [-0.25, -0.2) is 14.6 Å². The van der Waals surface area contributed by atoms with Crippen LogP contribution in [0.2, 0.25) is 0 Å². The highest BCUT2D eigenvalue weighted by molar-refractivity contribution is 6.12. The van der Waals surface area contributed by atoms with Gasteiger partial charge in [-0.15, -0.1) is 0 Å². The fraction of sp³-hybridized carbons (Fsp3) is 0.0385. The zero-order chi connectivity index (χ0) is 27.2. The number of esters is 2. The van der Waals surface area contributed by atoms with Gasteiger partial charge < -0.3 is 14.2 Å². The minimum atomic E-state index is -0.738. The number of nitro groups is 2. The highest BCUT2D eigenvalue weighted by Gasteiger charge is 2.25. The van der Waals surface area contributed by atoms with Gasteiger partial charge in [-0.2, -0.15) is 0 Å². The number of non-ortho nitro benzene ring substituents is 2. The fourth-order valence-electron chi connectivity index (χ4n) is 3.32. The van der Waals surface area contributed by atoms with Crippen molar-refractivity contribution < 1.29 is 33.6 Å². The zero-order valence-corrected chi connectivity index (χ0v) is 19.6. The number of hydrogen-bond acceptors (Lipinski definition) is 10. The third kappa shape index (κ3) is 5.94. The lowest BCUT2D eigenvalue weighted by Gasteiger charge is -2.08. The smallest absolute Gasteiger partial charge is 0.363 e. The quantitative estimate of drug-likeness (QED) is 0.138. The van der Waals surface area contributed by atoms with Crippen LogP contribution in [0.25, 0.3) is 12.2 Å². The van der Waals surface area contributed by atoms with E-state index in [1.807, 2.05) is 0 Å². The van der Waals surface area contributed by atoms with Crippen LogP contribution in [0.5, 0.6) is 11.5 Å². The first kappa shape index (κ1) is 25.4. The molecule has 0 spiro atoms. The van der Waals surface area contributed by atoms with Crippen LogP contribution in [0, 0.1) is 20.2 Å². The molecule has 0 saturated carbocycles. The van der Waals surface area contributed by atoms with Crippen molar-refractivity contribution in [3.05, 3.63) is 115 Å². The summed E-state index contributed by atoms with van der Waals surface area (Å²) in [5.74, 6) is -1.14. The number of carbonyl (C=O) groups excluding carboxylic acids is 2. The van der Waals surface area contributed by atoms with E-state index in [-0.39, 0.29) is 34.5 Å². The Bertz CT molecular complexity index is 1540. The Morgan fingerprint density at radius 3 is 2.34 bits per heavy atom. The normalized spacial score (nSPS) is 13.8. The van der Waals surface area contributed by atoms with Crippen molar-refractivity contribution in [3.63, 3.8) is 0 Å². The van der Waals surface area contributed by atoms with E-state index in [0.717, 1.165) is 6.08 Å². The Kier molecular flexibility index (Phi) is 7.33. The molecule has 4 rings (SSSR count). The highest BCUT2D eigenvalue weighted by atomic mass is 16.6. The SMILES string of the molecule is COc1cc(/C=C2\N=C(c3ccc([N+](=O)[O-])cc3)OC2=O)ccc1OC(=O)/C=C/c1cccc([N+](=O)[O-])c1. The molecule has 0 unspecified atom stereocenters. The van der Waals surface area contributed by atoms with Gasteiger partial charge in [-0.3, -0.25) is 20.2 Å². The third-order valence-corrected chi connectivity index (χ3v) is 5.14. The Morgan fingerprint density at radius 2 is 1.66 bits per heavy atom. The molecule has 0 fully saturated rings. The number of methoxy groups -OCH3 is 1. The molecule has 0 bridgehead atoms. The number of hydrogen-bond donors (Lipinski definition) is 0. The Morgan fingerprint density at radius 1 is 0.921 bits per heavy atom. The van der Waals surface area contributed by atoms with Crippen molar-refractivity contribution in [3.8, 4) is 11.5 Å². The zero-order valence-electron chi connectivity index (χ0n) is 19.6. The molecule has 3 aromatic carbocycles. The second-order valence-corrected chi connectivity index (χ2v) is 7.66. The van der Waals surface area contributed by atoms with E-state index in [0.29, 0.717) is 16.7 Å². The minimum absolute atomic E-state index is 0.00389. The van der Waals surface area contributed by atoms with E-state index in [9.17, 15) is 29.8 Å². The summed E-state index contributed by atoms with van der Waals surface area (Å²) in [5.41, 5.74) is 1.11. The van der Waals surface area contributed by atoms with E-state index in [1.165, 1.54) is 73.9 Å². The molecule has 0 radical (unpaired) electrons. The van der Waals surface area contributed by atoms with Gasteiger partial charge >= 0.3 is 11.9 Å². The van der Waals surface area contributed by atoms with E-state index in [1.54, 1.807) is 12.1 Å². The average Bonchev–Trinajstić information content (AvgIpc) is 3.28. The molecule has 0 aliphatic carbocycles. The van der Waals surface area contributed by atoms with Gasteiger partial charge in [0.15, 0.2) is 17.2 Å². The Labute approximate surface area is 214 Å². The molecule has 1 heterocycles. The number of aliphatic imine (C=N–C) groups is 1. The molecule has 12 nitrogen and oxygen atoms in total. The molecule has 0 saturated heterocycles. The van der Waals surface area contributed by atoms with E-state index >= 15 is 0 Å². The Balaban J connectivity index is 1.49. The highest BCUT2D eigenvalue weighted by Crippen LogP contribution is 2.30.